The van der Waals surface area contributed by atoms with Crippen LogP contribution < -0.4 is 0 Å². The maximum Gasteiger partial charge on any atom is 0.0134 e. The molecule has 0 N–H and O–H groups in total. The van der Waals surface area contributed by atoms with E-state index in [9.17, 15) is 0 Å². The van der Waals surface area contributed by atoms with Gasteiger partial charge in [0.05, 0.1) is 0 Å². The van der Waals surface area contributed by atoms with Gasteiger partial charge in [-0.1, -0.05) is 44.6 Å². The second-order valence-corrected chi connectivity index (χ2v) is 4.50. The minimum absolute atomic E-state index is 0.329. The highest BCUT2D eigenvalue weighted by Crippen LogP contribution is 2.34. The molecule has 0 bridgehead atoms. The summed E-state index contributed by atoms with van der Waals surface area (Å²) in [6.45, 7) is 6.76. The predicted molar refractivity (Wildman–Crippen MR) is 50.2 cm³/mol. The number of allylic oxidation sites excluding steroid dienone is 4. The van der Waals surface area contributed by atoms with Gasteiger partial charge in [0.1, 0.15) is 0 Å². The predicted octanol–water partition coefficient (Wildman–Crippen LogP) is 2.77. The summed E-state index contributed by atoms with van der Waals surface area (Å²) < 4.78 is 0. The molecule has 0 saturated carbocycles. The van der Waals surface area contributed by atoms with Gasteiger partial charge in [-0.05, 0) is 5.41 Å². The molecule has 0 nitrogen and oxygen atoms in total. The van der Waals surface area contributed by atoms with Crippen molar-refractivity contribution in [1.29, 1.82) is 0 Å². The van der Waals surface area contributed by atoms with E-state index in [4.69, 9.17) is 0 Å². The van der Waals surface area contributed by atoms with Gasteiger partial charge < -0.3 is 0 Å². The molecule has 0 aromatic rings. The maximum atomic E-state index is 2.84. The average Bonchev–Trinajstić information content (AvgIpc) is 2.11. The monoisotopic (exact) mass is 154 g/mol. The molecule has 2 unspecified atom stereocenters. The third-order valence-corrected chi connectivity index (χ3v) is 2.40. The summed E-state index contributed by atoms with van der Waals surface area (Å²) in [7, 11) is 2.84. The molecule has 0 aromatic heterocycles. The molecular formula is C9H15P. The lowest BCUT2D eigenvalue weighted by Gasteiger charge is -2.23. The largest absolute Gasteiger partial charge is 0.126 e. The fourth-order valence-corrected chi connectivity index (χ4v) is 1.98. The van der Waals surface area contributed by atoms with Gasteiger partial charge in [0.25, 0.3) is 0 Å². The van der Waals surface area contributed by atoms with Crippen LogP contribution in [0.1, 0.15) is 20.8 Å². The maximum absolute atomic E-state index is 2.84. The van der Waals surface area contributed by atoms with Crippen LogP contribution in [0.3, 0.4) is 0 Å². The summed E-state index contributed by atoms with van der Waals surface area (Å²) in [6.07, 6.45) is 6.57. The van der Waals surface area contributed by atoms with Crippen molar-refractivity contribution in [3.8, 4) is 0 Å². The van der Waals surface area contributed by atoms with Crippen LogP contribution in [0.25, 0.3) is 0 Å². The zero-order chi connectivity index (χ0) is 7.78. The summed E-state index contributed by atoms with van der Waals surface area (Å²) in [5, 5.41) is 0. The summed E-state index contributed by atoms with van der Waals surface area (Å²) in [5.41, 5.74) is 2.41. The van der Waals surface area contributed by atoms with Crippen molar-refractivity contribution in [2.24, 2.45) is 5.41 Å². The van der Waals surface area contributed by atoms with E-state index in [-0.39, 0.29) is 0 Å². The molecule has 1 aliphatic rings. The van der Waals surface area contributed by atoms with Gasteiger partial charge in [-0.15, -0.1) is 9.24 Å². The first-order valence-electron chi connectivity index (χ1n) is 3.66. The van der Waals surface area contributed by atoms with Crippen LogP contribution in [0.15, 0.2) is 23.8 Å². The molecule has 0 fully saturated rings. The third kappa shape index (κ3) is 1.49. The smallest absolute Gasteiger partial charge is 0.0134 e. The Morgan fingerprint density at radius 2 is 2.00 bits per heavy atom. The van der Waals surface area contributed by atoms with Crippen molar-refractivity contribution >= 4 is 9.24 Å². The van der Waals surface area contributed by atoms with E-state index in [1.165, 1.54) is 5.57 Å². The van der Waals surface area contributed by atoms with Gasteiger partial charge in [0, 0.05) is 5.66 Å². The highest BCUT2D eigenvalue weighted by molar-refractivity contribution is 7.18. The molecule has 56 valence electrons. The Bertz CT molecular complexity index is 181. The van der Waals surface area contributed by atoms with E-state index in [0.29, 0.717) is 11.1 Å². The molecule has 0 saturated heterocycles. The van der Waals surface area contributed by atoms with Crippen molar-refractivity contribution < 1.29 is 0 Å². The molecule has 0 aliphatic heterocycles. The van der Waals surface area contributed by atoms with Crippen LogP contribution in [0.2, 0.25) is 0 Å². The van der Waals surface area contributed by atoms with Crippen molar-refractivity contribution in [3.63, 3.8) is 0 Å². The van der Waals surface area contributed by atoms with Gasteiger partial charge >= 0.3 is 0 Å². The zero-order valence-electron chi connectivity index (χ0n) is 6.89. The second-order valence-electron chi connectivity index (χ2n) is 3.78. The summed E-state index contributed by atoms with van der Waals surface area (Å²) in [4.78, 5) is 0. The quantitative estimate of drug-likeness (QED) is 0.470. The standard InChI is InChI=1S/C9H15P/c1-9(2,3)7-5-4-6-8(7)10/h4-6,8H,10H2,1-3H3. The molecule has 10 heavy (non-hydrogen) atoms. The van der Waals surface area contributed by atoms with Crippen molar-refractivity contribution in [3.05, 3.63) is 23.8 Å². The fourth-order valence-electron chi connectivity index (χ4n) is 1.24. The number of hydrogen-bond acceptors (Lipinski definition) is 0. The van der Waals surface area contributed by atoms with Crippen LogP contribution in [-0.2, 0) is 0 Å². The zero-order valence-corrected chi connectivity index (χ0v) is 8.04. The second kappa shape index (κ2) is 2.51. The highest BCUT2D eigenvalue weighted by Gasteiger charge is 2.22. The van der Waals surface area contributed by atoms with Gasteiger partial charge in [-0.2, -0.15) is 0 Å². The Morgan fingerprint density at radius 3 is 2.20 bits per heavy atom. The van der Waals surface area contributed by atoms with Crippen molar-refractivity contribution in [1.82, 2.24) is 0 Å². The number of rotatable bonds is 0. The molecule has 0 amide bonds. The van der Waals surface area contributed by atoms with Gasteiger partial charge in [0.15, 0.2) is 0 Å². The average molecular weight is 154 g/mol. The fraction of sp³-hybridized carbons (Fsp3) is 0.556. The topological polar surface area (TPSA) is 0 Å². The first-order valence-corrected chi connectivity index (χ1v) is 4.33. The summed E-state index contributed by atoms with van der Waals surface area (Å²) in [6, 6.07) is 0. The molecule has 0 heterocycles. The van der Waals surface area contributed by atoms with E-state index in [1.54, 1.807) is 0 Å². The van der Waals surface area contributed by atoms with Gasteiger partial charge in [0.2, 0.25) is 0 Å². The lowest BCUT2D eigenvalue weighted by Crippen LogP contribution is -2.14. The van der Waals surface area contributed by atoms with Gasteiger partial charge in [-0.25, -0.2) is 0 Å². The van der Waals surface area contributed by atoms with E-state index >= 15 is 0 Å². The first-order chi connectivity index (χ1) is 4.52. The normalized spacial score (nSPS) is 25.2. The van der Waals surface area contributed by atoms with Crippen molar-refractivity contribution in [2.45, 2.75) is 26.4 Å². The Hall–Kier alpha value is -0.0900. The van der Waals surface area contributed by atoms with Crippen LogP contribution in [0.4, 0.5) is 0 Å². The molecule has 0 radical (unpaired) electrons. The Kier molecular flexibility index (Phi) is 2.01. The minimum Gasteiger partial charge on any atom is -0.126 e. The van der Waals surface area contributed by atoms with Crippen LogP contribution >= 0.6 is 9.24 Å². The molecular weight excluding hydrogens is 139 g/mol. The third-order valence-electron chi connectivity index (χ3n) is 1.82. The van der Waals surface area contributed by atoms with Crippen LogP contribution in [0.5, 0.6) is 0 Å². The lowest BCUT2D eigenvalue weighted by atomic mass is 9.86. The molecule has 0 aromatic carbocycles. The Balaban J connectivity index is 2.78. The minimum atomic E-state index is 0.329. The van der Waals surface area contributed by atoms with E-state index < -0.39 is 0 Å². The van der Waals surface area contributed by atoms with Gasteiger partial charge in [-0.3, -0.25) is 0 Å². The Labute approximate surface area is 65.6 Å². The summed E-state index contributed by atoms with van der Waals surface area (Å²) >= 11 is 0. The molecule has 1 rings (SSSR count). The van der Waals surface area contributed by atoms with E-state index in [0.717, 1.165) is 0 Å². The van der Waals surface area contributed by atoms with Crippen molar-refractivity contribution in [2.75, 3.05) is 0 Å². The van der Waals surface area contributed by atoms with Crippen LogP contribution in [0, 0.1) is 5.41 Å². The Morgan fingerprint density at radius 1 is 1.40 bits per heavy atom. The SMILES string of the molecule is CC(C)(C)C1=CC=CC1P. The molecule has 1 aliphatic carbocycles. The van der Waals surface area contributed by atoms with E-state index in [1.807, 2.05) is 0 Å². The highest BCUT2D eigenvalue weighted by atomic mass is 31.0. The number of hydrogen-bond donors (Lipinski definition) is 0. The molecule has 0 spiro atoms. The van der Waals surface area contributed by atoms with Crippen LogP contribution in [-0.4, -0.2) is 5.66 Å². The molecule has 1 heteroatoms. The van der Waals surface area contributed by atoms with E-state index in [2.05, 4.69) is 48.2 Å². The summed E-state index contributed by atoms with van der Waals surface area (Å²) in [5.74, 6) is 0. The molecule has 2 atom stereocenters. The lowest BCUT2D eigenvalue weighted by molar-refractivity contribution is 0.499. The first kappa shape index (κ1) is 8.01.